The third kappa shape index (κ3) is 6.44. The molecule has 2 aromatic carbocycles. The van der Waals surface area contributed by atoms with Gasteiger partial charge in [-0.05, 0) is 63.1 Å². The van der Waals surface area contributed by atoms with Crippen molar-refractivity contribution >= 4 is 35.0 Å². The van der Waals surface area contributed by atoms with Crippen LogP contribution in [0.1, 0.15) is 26.7 Å². The zero-order chi connectivity index (χ0) is 23.1. The Kier molecular flexibility index (Phi) is 7.64. The molecule has 1 aliphatic rings. The molecule has 0 bridgehead atoms. The summed E-state index contributed by atoms with van der Waals surface area (Å²) in [5.74, 6) is -0.764. The van der Waals surface area contributed by atoms with Crippen LogP contribution in [0.4, 0.5) is 31.0 Å². The number of likely N-dealkylation sites (tertiary alicyclic amines) is 1. The zero-order valence-electron chi connectivity index (χ0n) is 18.2. The van der Waals surface area contributed by atoms with Crippen LogP contribution in [0, 0.1) is 11.7 Å². The van der Waals surface area contributed by atoms with E-state index in [1.54, 1.807) is 35.2 Å². The quantitative estimate of drug-likeness (QED) is 0.558. The molecule has 4 N–H and O–H groups in total. The lowest BCUT2D eigenvalue weighted by Crippen LogP contribution is -2.47. The van der Waals surface area contributed by atoms with Crippen LogP contribution in [-0.2, 0) is 4.79 Å². The Morgan fingerprint density at radius 3 is 2.28 bits per heavy atom. The van der Waals surface area contributed by atoms with E-state index in [0.717, 1.165) is 12.8 Å². The summed E-state index contributed by atoms with van der Waals surface area (Å²) in [7, 11) is 0. The van der Waals surface area contributed by atoms with Gasteiger partial charge in [-0.3, -0.25) is 4.79 Å². The number of hydrogen-bond donors (Lipinski definition) is 4. The van der Waals surface area contributed by atoms with Crippen molar-refractivity contribution in [2.24, 2.45) is 5.92 Å². The number of amides is 5. The molecule has 170 valence electrons. The zero-order valence-corrected chi connectivity index (χ0v) is 18.2. The number of rotatable bonds is 5. The third-order valence-electron chi connectivity index (χ3n) is 5.03. The van der Waals surface area contributed by atoms with E-state index in [-0.39, 0.29) is 29.6 Å². The number of anilines is 3. The van der Waals surface area contributed by atoms with Gasteiger partial charge >= 0.3 is 12.1 Å². The first-order valence-electron chi connectivity index (χ1n) is 10.6. The minimum absolute atomic E-state index is 0.0263. The summed E-state index contributed by atoms with van der Waals surface area (Å²) in [6.07, 6.45) is 1.53. The van der Waals surface area contributed by atoms with Crippen molar-refractivity contribution in [2.45, 2.75) is 32.7 Å². The maximum absolute atomic E-state index is 13.6. The number of halogens is 1. The molecular weight excluding hydrogens is 413 g/mol. The highest BCUT2D eigenvalue weighted by atomic mass is 19.1. The number of benzene rings is 2. The SMILES string of the molecule is CC(C)NC(=O)[C@@H]1CCCN(C(=O)Nc2ccc(NC(=O)Nc3ccccc3F)cc2)C1. The Labute approximate surface area is 186 Å². The highest BCUT2D eigenvalue weighted by molar-refractivity contribution is 6.00. The average molecular weight is 442 g/mol. The second-order valence-corrected chi connectivity index (χ2v) is 8.01. The monoisotopic (exact) mass is 441 g/mol. The summed E-state index contributed by atoms with van der Waals surface area (Å²) in [6, 6.07) is 11.7. The van der Waals surface area contributed by atoms with Crippen LogP contribution in [-0.4, -0.2) is 42.0 Å². The van der Waals surface area contributed by atoms with E-state index in [9.17, 15) is 18.8 Å². The first-order chi connectivity index (χ1) is 15.3. The lowest BCUT2D eigenvalue weighted by atomic mass is 9.97. The molecule has 0 spiro atoms. The smallest absolute Gasteiger partial charge is 0.323 e. The topological polar surface area (TPSA) is 103 Å². The number of nitrogens with one attached hydrogen (secondary N) is 4. The van der Waals surface area contributed by atoms with Gasteiger partial charge in [0.1, 0.15) is 5.82 Å². The van der Waals surface area contributed by atoms with Crippen molar-refractivity contribution in [3.8, 4) is 0 Å². The van der Waals surface area contributed by atoms with E-state index < -0.39 is 11.8 Å². The van der Waals surface area contributed by atoms with Gasteiger partial charge in [0.2, 0.25) is 5.91 Å². The van der Waals surface area contributed by atoms with Crippen LogP contribution >= 0.6 is 0 Å². The summed E-state index contributed by atoms with van der Waals surface area (Å²) in [4.78, 5) is 38.6. The van der Waals surface area contributed by atoms with Crippen molar-refractivity contribution in [3.05, 3.63) is 54.3 Å². The molecule has 1 heterocycles. The second-order valence-electron chi connectivity index (χ2n) is 8.01. The molecule has 0 aliphatic carbocycles. The van der Waals surface area contributed by atoms with Gasteiger partial charge in [-0.25, -0.2) is 14.0 Å². The second kappa shape index (κ2) is 10.6. The predicted octanol–water partition coefficient (Wildman–Crippen LogP) is 4.24. The number of carbonyl (C=O) groups excluding carboxylic acids is 3. The fourth-order valence-corrected chi connectivity index (χ4v) is 3.46. The van der Waals surface area contributed by atoms with Crippen LogP contribution in [0.15, 0.2) is 48.5 Å². The average Bonchev–Trinajstić information content (AvgIpc) is 2.76. The fourth-order valence-electron chi connectivity index (χ4n) is 3.46. The lowest BCUT2D eigenvalue weighted by Gasteiger charge is -2.32. The van der Waals surface area contributed by atoms with E-state index in [4.69, 9.17) is 0 Å². The van der Waals surface area contributed by atoms with E-state index >= 15 is 0 Å². The molecule has 0 aromatic heterocycles. The van der Waals surface area contributed by atoms with E-state index in [2.05, 4.69) is 21.3 Å². The Bertz CT molecular complexity index is 964. The first kappa shape index (κ1) is 23.1. The van der Waals surface area contributed by atoms with Gasteiger partial charge in [0, 0.05) is 30.5 Å². The molecule has 1 fully saturated rings. The third-order valence-corrected chi connectivity index (χ3v) is 5.03. The van der Waals surface area contributed by atoms with Crippen LogP contribution in [0.3, 0.4) is 0 Å². The van der Waals surface area contributed by atoms with Crippen molar-refractivity contribution < 1.29 is 18.8 Å². The molecule has 1 saturated heterocycles. The summed E-state index contributed by atoms with van der Waals surface area (Å²) in [5, 5.41) is 10.8. The summed E-state index contributed by atoms with van der Waals surface area (Å²) in [6.45, 7) is 4.79. The van der Waals surface area contributed by atoms with Crippen molar-refractivity contribution in [3.63, 3.8) is 0 Å². The first-order valence-corrected chi connectivity index (χ1v) is 10.6. The van der Waals surface area contributed by atoms with Gasteiger partial charge in [-0.1, -0.05) is 12.1 Å². The number of hydrogen-bond acceptors (Lipinski definition) is 3. The van der Waals surface area contributed by atoms with E-state index in [1.807, 2.05) is 13.8 Å². The predicted molar refractivity (Wildman–Crippen MR) is 122 cm³/mol. The highest BCUT2D eigenvalue weighted by Gasteiger charge is 2.28. The molecule has 1 aliphatic heterocycles. The maximum atomic E-state index is 13.6. The molecule has 0 saturated carbocycles. The standard InChI is InChI=1S/C23H28FN5O3/c1-15(2)25-21(30)16-6-5-13-29(14-16)23(32)27-18-11-9-17(10-12-18)26-22(31)28-20-8-4-3-7-19(20)24/h3-4,7-12,15-16H,5-6,13-14H2,1-2H3,(H,25,30)(H,27,32)(H2,26,28,31)/t16-/m1/s1. The summed E-state index contributed by atoms with van der Waals surface area (Å²) in [5.41, 5.74) is 1.12. The molecule has 1 atom stereocenters. The molecule has 5 amide bonds. The van der Waals surface area contributed by atoms with E-state index in [0.29, 0.717) is 24.5 Å². The fraction of sp³-hybridized carbons (Fsp3) is 0.348. The molecule has 9 heteroatoms. The number of para-hydroxylation sites is 1. The van der Waals surface area contributed by atoms with Gasteiger partial charge < -0.3 is 26.2 Å². The van der Waals surface area contributed by atoms with Crippen molar-refractivity contribution in [1.82, 2.24) is 10.2 Å². The molecule has 8 nitrogen and oxygen atoms in total. The Hall–Kier alpha value is -3.62. The number of piperidine rings is 1. The molecular formula is C23H28FN5O3. The largest absolute Gasteiger partial charge is 0.354 e. The minimum Gasteiger partial charge on any atom is -0.354 e. The summed E-state index contributed by atoms with van der Waals surface area (Å²) < 4.78 is 13.6. The lowest BCUT2D eigenvalue weighted by molar-refractivity contribution is -0.126. The molecule has 3 rings (SSSR count). The summed E-state index contributed by atoms with van der Waals surface area (Å²) >= 11 is 0. The van der Waals surface area contributed by atoms with Gasteiger partial charge in [0.25, 0.3) is 0 Å². The van der Waals surface area contributed by atoms with Gasteiger partial charge in [-0.2, -0.15) is 0 Å². The molecule has 32 heavy (non-hydrogen) atoms. The van der Waals surface area contributed by atoms with Crippen LogP contribution < -0.4 is 21.3 Å². The van der Waals surface area contributed by atoms with Gasteiger partial charge in [0.05, 0.1) is 11.6 Å². The molecule has 2 aromatic rings. The minimum atomic E-state index is -0.578. The van der Waals surface area contributed by atoms with Crippen LogP contribution in [0.5, 0.6) is 0 Å². The highest BCUT2D eigenvalue weighted by Crippen LogP contribution is 2.20. The van der Waals surface area contributed by atoms with Gasteiger partial charge in [0.15, 0.2) is 0 Å². The van der Waals surface area contributed by atoms with Gasteiger partial charge in [-0.15, -0.1) is 0 Å². The Morgan fingerprint density at radius 1 is 0.969 bits per heavy atom. The molecule has 0 unspecified atom stereocenters. The van der Waals surface area contributed by atoms with Crippen molar-refractivity contribution in [1.29, 1.82) is 0 Å². The number of carbonyl (C=O) groups is 3. The van der Waals surface area contributed by atoms with E-state index in [1.165, 1.54) is 18.2 Å². The van der Waals surface area contributed by atoms with Crippen molar-refractivity contribution in [2.75, 3.05) is 29.0 Å². The number of urea groups is 2. The molecule has 0 radical (unpaired) electrons. The van der Waals surface area contributed by atoms with Crippen LogP contribution in [0.25, 0.3) is 0 Å². The maximum Gasteiger partial charge on any atom is 0.323 e. The number of nitrogens with zero attached hydrogens (tertiary/aromatic N) is 1. The van der Waals surface area contributed by atoms with Crippen LogP contribution in [0.2, 0.25) is 0 Å². The normalized spacial score (nSPS) is 15.8. The Balaban J connectivity index is 1.51. The Morgan fingerprint density at radius 2 is 1.62 bits per heavy atom.